The fourth-order valence-corrected chi connectivity index (χ4v) is 5.90. The third-order valence-corrected chi connectivity index (χ3v) is 7.44. The van der Waals surface area contributed by atoms with E-state index >= 15 is 0 Å². The van der Waals surface area contributed by atoms with Crippen LogP contribution in [-0.4, -0.2) is 44.8 Å². The van der Waals surface area contributed by atoms with E-state index in [0.717, 1.165) is 53.9 Å². The van der Waals surface area contributed by atoms with Crippen molar-refractivity contribution in [3.05, 3.63) is 59.5 Å². The molecule has 2 aliphatic rings. The maximum absolute atomic E-state index is 13.4. The Hall–Kier alpha value is -2.80. The van der Waals surface area contributed by atoms with Crippen LogP contribution < -0.4 is 0 Å². The number of H-pyrrole nitrogens is 1. The second-order valence-corrected chi connectivity index (χ2v) is 8.99. The van der Waals surface area contributed by atoms with Crippen LogP contribution in [0.1, 0.15) is 41.7 Å². The second kappa shape index (κ2) is 7.22. The zero-order valence-corrected chi connectivity index (χ0v) is 16.9. The zero-order chi connectivity index (χ0) is 19.8. The van der Waals surface area contributed by atoms with Gasteiger partial charge in [0, 0.05) is 52.4 Å². The first-order valence-electron chi connectivity index (χ1n) is 10.0. The van der Waals surface area contributed by atoms with Gasteiger partial charge < -0.3 is 10.3 Å². The minimum absolute atomic E-state index is 0.104. The van der Waals surface area contributed by atoms with E-state index < -0.39 is 0 Å². The van der Waals surface area contributed by atoms with E-state index in [-0.39, 0.29) is 17.4 Å². The number of carbonyl (C=O) groups excluding carboxylic acids is 1. The third kappa shape index (κ3) is 3.09. The highest BCUT2D eigenvalue weighted by molar-refractivity contribution is 7.13. The van der Waals surface area contributed by atoms with E-state index in [1.165, 1.54) is 0 Å². The van der Waals surface area contributed by atoms with Crippen molar-refractivity contribution in [3.63, 3.8) is 0 Å². The van der Waals surface area contributed by atoms with Gasteiger partial charge in [0.15, 0.2) is 0 Å². The van der Waals surface area contributed by atoms with Gasteiger partial charge in [-0.05, 0) is 49.8 Å². The van der Waals surface area contributed by atoms with Crippen LogP contribution in [0.25, 0.3) is 10.4 Å². The quantitative estimate of drug-likeness (QED) is 0.640. The number of thiophene rings is 1. The van der Waals surface area contributed by atoms with E-state index in [4.69, 9.17) is 5.41 Å². The number of carbonyl (C=O) groups is 1. The van der Waals surface area contributed by atoms with Gasteiger partial charge in [0.05, 0.1) is 17.5 Å². The molecule has 1 amide bonds. The number of piperidine rings is 1. The van der Waals surface area contributed by atoms with Crippen molar-refractivity contribution in [2.24, 2.45) is 5.92 Å². The molecule has 0 spiro atoms. The van der Waals surface area contributed by atoms with E-state index in [2.05, 4.69) is 20.1 Å². The molecule has 1 aliphatic heterocycles. The standard InChI is InChI=1S/C22H23N5OS/c23-14-22(20-5-1-2-6-24-20)9-15-4-3-7-27(18(15)10-22)21(28)16-8-19(29-13-16)17-11-25-26-12-17/h1-2,5-6,8,11-15,18,23H,3-4,7,9-10H2,(H,25,26). The molecular weight excluding hydrogens is 382 g/mol. The lowest BCUT2D eigenvalue weighted by molar-refractivity contribution is 0.0548. The number of nitrogens with zero attached hydrogens (tertiary/aromatic N) is 3. The number of fused-ring (bicyclic) bond motifs is 1. The Kier molecular flexibility index (Phi) is 4.54. The van der Waals surface area contributed by atoms with E-state index in [0.29, 0.717) is 5.92 Å². The zero-order valence-electron chi connectivity index (χ0n) is 16.0. The number of rotatable bonds is 4. The molecule has 0 radical (unpaired) electrons. The highest BCUT2D eigenvalue weighted by Gasteiger charge is 2.50. The molecule has 5 rings (SSSR count). The predicted octanol–water partition coefficient (Wildman–Crippen LogP) is 4.14. The number of pyridine rings is 1. The fraction of sp³-hybridized carbons (Fsp3) is 0.364. The van der Waals surface area contributed by atoms with Crippen LogP contribution in [0.2, 0.25) is 0 Å². The molecule has 0 bridgehead atoms. The SMILES string of the molecule is N=CC1(c2ccccn2)CC2CCCN(C(=O)c3csc(-c4cn[nH]c4)c3)C2C1. The van der Waals surface area contributed by atoms with Crippen molar-refractivity contribution in [3.8, 4) is 10.4 Å². The van der Waals surface area contributed by atoms with Crippen molar-refractivity contribution in [2.45, 2.75) is 37.1 Å². The number of aromatic nitrogens is 3. The average molecular weight is 406 g/mol. The Morgan fingerprint density at radius 3 is 3.07 bits per heavy atom. The molecule has 3 unspecified atom stereocenters. The molecule has 7 heteroatoms. The maximum Gasteiger partial charge on any atom is 0.254 e. The minimum atomic E-state index is -0.365. The first-order valence-corrected chi connectivity index (χ1v) is 10.9. The number of hydrogen-bond acceptors (Lipinski definition) is 5. The summed E-state index contributed by atoms with van der Waals surface area (Å²) in [6.07, 6.45) is 10.8. The summed E-state index contributed by atoms with van der Waals surface area (Å²) in [6.45, 7) is 0.785. The third-order valence-electron chi connectivity index (χ3n) is 6.46. The number of likely N-dealkylation sites (tertiary alicyclic amines) is 1. The van der Waals surface area contributed by atoms with Gasteiger partial charge in [-0.3, -0.25) is 14.9 Å². The molecule has 1 saturated heterocycles. The van der Waals surface area contributed by atoms with Gasteiger partial charge in [-0.25, -0.2) is 0 Å². The minimum Gasteiger partial charge on any atom is -0.335 e. The van der Waals surface area contributed by atoms with Crippen molar-refractivity contribution in [1.82, 2.24) is 20.1 Å². The highest BCUT2D eigenvalue weighted by Crippen LogP contribution is 2.48. The lowest BCUT2D eigenvalue weighted by Gasteiger charge is -2.37. The van der Waals surface area contributed by atoms with Gasteiger partial charge in [-0.1, -0.05) is 6.07 Å². The molecule has 2 N–H and O–H groups in total. The molecule has 6 nitrogen and oxygen atoms in total. The van der Waals surface area contributed by atoms with Crippen LogP contribution in [0.4, 0.5) is 0 Å². The average Bonchev–Trinajstić information content (AvgIpc) is 3.52. The Morgan fingerprint density at radius 2 is 2.31 bits per heavy atom. The summed E-state index contributed by atoms with van der Waals surface area (Å²) in [5.41, 5.74) is 2.34. The number of aromatic amines is 1. The predicted molar refractivity (Wildman–Crippen MR) is 113 cm³/mol. The summed E-state index contributed by atoms with van der Waals surface area (Å²) < 4.78 is 0. The summed E-state index contributed by atoms with van der Waals surface area (Å²) in [7, 11) is 0. The second-order valence-electron chi connectivity index (χ2n) is 8.08. The van der Waals surface area contributed by atoms with Crippen LogP contribution in [0.5, 0.6) is 0 Å². The van der Waals surface area contributed by atoms with Gasteiger partial charge >= 0.3 is 0 Å². The molecule has 3 aromatic heterocycles. The molecule has 3 atom stereocenters. The summed E-state index contributed by atoms with van der Waals surface area (Å²) in [5, 5.41) is 17.0. The van der Waals surface area contributed by atoms with E-state index in [9.17, 15) is 4.79 Å². The Bertz CT molecular complexity index is 1020. The van der Waals surface area contributed by atoms with Crippen molar-refractivity contribution >= 4 is 23.5 Å². The van der Waals surface area contributed by atoms with Crippen LogP contribution in [0.3, 0.4) is 0 Å². The Labute approximate surface area is 173 Å². The lowest BCUT2D eigenvalue weighted by Crippen LogP contribution is -2.46. The largest absolute Gasteiger partial charge is 0.335 e. The van der Waals surface area contributed by atoms with Crippen LogP contribution >= 0.6 is 11.3 Å². The topological polar surface area (TPSA) is 85.7 Å². The van der Waals surface area contributed by atoms with E-state index in [1.807, 2.05) is 35.8 Å². The molecule has 3 aromatic rings. The summed E-state index contributed by atoms with van der Waals surface area (Å²) in [4.78, 5) is 21.1. The molecule has 1 aliphatic carbocycles. The molecular formula is C22H23N5OS. The molecule has 0 aromatic carbocycles. The molecule has 2 fully saturated rings. The summed E-state index contributed by atoms with van der Waals surface area (Å²) >= 11 is 1.57. The van der Waals surface area contributed by atoms with Gasteiger partial charge in [-0.2, -0.15) is 5.10 Å². The van der Waals surface area contributed by atoms with Crippen molar-refractivity contribution in [2.75, 3.05) is 6.54 Å². The first kappa shape index (κ1) is 18.2. The lowest BCUT2D eigenvalue weighted by atomic mass is 9.82. The molecule has 148 valence electrons. The van der Waals surface area contributed by atoms with Crippen LogP contribution in [0.15, 0.2) is 48.2 Å². The molecule has 29 heavy (non-hydrogen) atoms. The number of hydrogen-bond donors (Lipinski definition) is 2. The smallest absolute Gasteiger partial charge is 0.254 e. The maximum atomic E-state index is 13.4. The monoisotopic (exact) mass is 405 g/mol. The Balaban J connectivity index is 1.42. The molecule has 1 saturated carbocycles. The van der Waals surface area contributed by atoms with Crippen LogP contribution in [0, 0.1) is 11.3 Å². The van der Waals surface area contributed by atoms with Gasteiger partial charge in [0.25, 0.3) is 5.91 Å². The number of nitrogens with one attached hydrogen (secondary N) is 2. The highest BCUT2D eigenvalue weighted by atomic mass is 32.1. The molecule has 4 heterocycles. The van der Waals surface area contributed by atoms with Gasteiger partial charge in [0.1, 0.15) is 0 Å². The van der Waals surface area contributed by atoms with Crippen LogP contribution in [-0.2, 0) is 5.41 Å². The van der Waals surface area contributed by atoms with E-state index in [1.54, 1.807) is 29.9 Å². The van der Waals surface area contributed by atoms with Gasteiger partial charge in [0.2, 0.25) is 0 Å². The van der Waals surface area contributed by atoms with Crippen molar-refractivity contribution < 1.29 is 4.79 Å². The Morgan fingerprint density at radius 1 is 1.38 bits per heavy atom. The van der Waals surface area contributed by atoms with Crippen molar-refractivity contribution in [1.29, 1.82) is 5.41 Å². The fourth-order valence-electron chi connectivity index (χ4n) is 5.04. The summed E-state index contributed by atoms with van der Waals surface area (Å²) in [5.74, 6) is 0.524. The normalized spacial score (nSPS) is 26.3. The number of amides is 1. The van der Waals surface area contributed by atoms with Gasteiger partial charge in [-0.15, -0.1) is 11.3 Å². The summed E-state index contributed by atoms with van der Waals surface area (Å²) in [6, 6.07) is 8.05. The first-order chi connectivity index (χ1) is 14.2.